The van der Waals surface area contributed by atoms with Gasteiger partial charge in [-0.2, -0.15) is 0 Å². The summed E-state index contributed by atoms with van der Waals surface area (Å²) in [4.78, 5) is 5.27. The summed E-state index contributed by atoms with van der Waals surface area (Å²) in [6.45, 7) is 15.8. The second kappa shape index (κ2) is 8.32. The molecule has 0 aromatic heterocycles. The normalized spacial score (nSPS) is 32.1. The van der Waals surface area contributed by atoms with Crippen molar-refractivity contribution in [3.8, 4) is 0 Å². The zero-order chi connectivity index (χ0) is 14.4. The van der Waals surface area contributed by atoms with Gasteiger partial charge in [-0.3, -0.25) is 4.90 Å². The first-order chi connectivity index (χ1) is 9.78. The molecule has 0 amide bonds. The Hall–Kier alpha value is -0.160. The maximum atomic E-state index is 5.71. The number of nitrogens with zero attached hydrogens (tertiary/aromatic N) is 2. The van der Waals surface area contributed by atoms with Crippen molar-refractivity contribution < 1.29 is 4.74 Å². The molecule has 0 aromatic rings. The molecule has 4 nitrogen and oxygen atoms in total. The van der Waals surface area contributed by atoms with E-state index in [1.165, 1.54) is 45.6 Å². The Morgan fingerprint density at radius 2 is 2.00 bits per heavy atom. The summed E-state index contributed by atoms with van der Waals surface area (Å²) in [7, 11) is 0. The van der Waals surface area contributed by atoms with Crippen molar-refractivity contribution in [1.29, 1.82) is 0 Å². The van der Waals surface area contributed by atoms with Crippen LogP contribution in [0.2, 0.25) is 0 Å². The second-order valence-electron chi connectivity index (χ2n) is 6.21. The van der Waals surface area contributed by atoms with E-state index in [4.69, 9.17) is 4.74 Å². The van der Waals surface area contributed by atoms with Crippen LogP contribution in [0, 0.1) is 5.92 Å². The van der Waals surface area contributed by atoms with Gasteiger partial charge in [0, 0.05) is 37.7 Å². The minimum atomic E-state index is 0.654. The molecule has 2 saturated heterocycles. The van der Waals surface area contributed by atoms with Crippen LogP contribution in [0.15, 0.2) is 0 Å². The first-order valence-electron chi connectivity index (χ1n) is 8.55. The summed E-state index contributed by atoms with van der Waals surface area (Å²) in [6, 6.07) is 1.42. The Balaban J connectivity index is 1.81. The highest BCUT2D eigenvalue weighted by Gasteiger charge is 2.31. The van der Waals surface area contributed by atoms with Gasteiger partial charge in [-0.15, -0.1) is 0 Å². The maximum Gasteiger partial charge on any atom is 0.0521 e. The fraction of sp³-hybridized carbons (Fsp3) is 1.00. The van der Waals surface area contributed by atoms with Crippen LogP contribution in [0.3, 0.4) is 0 Å². The van der Waals surface area contributed by atoms with Gasteiger partial charge in [-0.25, -0.2) is 0 Å². The molecule has 2 rings (SSSR count). The lowest BCUT2D eigenvalue weighted by molar-refractivity contribution is 0.0190. The van der Waals surface area contributed by atoms with Crippen molar-refractivity contribution in [2.24, 2.45) is 5.92 Å². The molecule has 3 unspecified atom stereocenters. The lowest BCUT2D eigenvalue weighted by atomic mass is 9.95. The Kier molecular flexibility index (Phi) is 6.75. The van der Waals surface area contributed by atoms with Gasteiger partial charge in [0.15, 0.2) is 0 Å². The molecule has 0 spiro atoms. The molecule has 2 fully saturated rings. The lowest BCUT2D eigenvalue weighted by Crippen LogP contribution is -2.48. The Bertz CT molecular complexity index is 268. The summed E-state index contributed by atoms with van der Waals surface area (Å²) in [5.41, 5.74) is 0. The highest BCUT2D eigenvalue weighted by molar-refractivity contribution is 4.87. The molecule has 0 saturated carbocycles. The van der Waals surface area contributed by atoms with E-state index >= 15 is 0 Å². The van der Waals surface area contributed by atoms with Crippen molar-refractivity contribution >= 4 is 0 Å². The Morgan fingerprint density at radius 3 is 2.70 bits per heavy atom. The van der Waals surface area contributed by atoms with Crippen molar-refractivity contribution in [1.82, 2.24) is 15.1 Å². The number of nitrogens with one attached hydrogen (secondary N) is 1. The summed E-state index contributed by atoms with van der Waals surface area (Å²) in [5, 5.41) is 3.65. The molecule has 0 aromatic carbocycles. The van der Waals surface area contributed by atoms with Crippen LogP contribution >= 0.6 is 0 Å². The van der Waals surface area contributed by atoms with Crippen molar-refractivity contribution in [2.75, 3.05) is 52.5 Å². The zero-order valence-corrected chi connectivity index (χ0v) is 13.6. The van der Waals surface area contributed by atoms with Crippen LogP contribution in [0.1, 0.15) is 33.6 Å². The number of likely N-dealkylation sites (tertiary alicyclic amines) is 1. The number of likely N-dealkylation sites (N-methyl/N-ethyl adjacent to an activating group) is 1. The number of ether oxygens (including phenoxy) is 1. The van der Waals surface area contributed by atoms with E-state index in [9.17, 15) is 0 Å². The predicted octanol–water partition coefficient (Wildman–Crippen LogP) is 1.42. The molecule has 0 aliphatic carbocycles. The molecule has 2 heterocycles. The minimum Gasteiger partial charge on any atom is -0.381 e. The van der Waals surface area contributed by atoms with E-state index in [0.717, 1.165) is 25.8 Å². The SMILES string of the molecule is CCNC1CCOCC1CN1CCC(N(CC)CC)C1. The average Bonchev–Trinajstić information content (AvgIpc) is 2.91. The van der Waals surface area contributed by atoms with Crippen molar-refractivity contribution in [3.63, 3.8) is 0 Å². The van der Waals surface area contributed by atoms with Crippen LogP contribution in [0.4, 0.5) is 0 Å². The molecular weight excluding hydrogens is 250 g/mol. The molecule has 1 N–H and O–H groups in total. The van der Waals surface area contributed by atoms with E-state index in [-0.39, 0.29) is 0 Å². The maximum absolute atomic E-state index is 5.71. The third kappa shape index (κ3) is 4.17. The van der Waals surface area contributed by atoms with Gasteiger partial charge < -0.3 is 15.0 Å². The van der Waals surface area contributed by atoms with Crippen LogP contribution < -0.4 is 5.32 Å². The molecule has 2 aliphatic heterocycles. The molecule has 20 heavy (non-hydrogen) atoms. The molecule has 2 aliphatic rings. The third-order valence-corrected chi connectivity index (χ3v) is 5.01. The highest BCUT2D eigenvalue weighted by Crippen LogP contribution is 2.21. The number of hydrogen-bond acceptors (Lipinski definition) is 4. The second-order valence-corrected chi connectivity index (χ2v) is 6.21. The largest absolute Gasteiger partial charge is 0.381 e. The van der Waals surface area contributed by atoms with E-state index in [2.05, 4.69) is 35.9 Å². The fourth-order valence-corrected chi connectivity index (χ4v) is 3.86. The summed E-state index contributed by atoms with van der Waals surface area (Å²) >= 11 is 0. The van der Waals surface area contributed by atoms with Gasteiger partial charge in [-0.05, 0) is 39.0 Å². The first kappa shape index (κ1) is 16.2. The smallest absolute Gasteiger partial charge is 0.0521 e. The third-order valence-electron chi connectivity index (χ3n) is 5.01. The predicted molar refractivity (Wildman–Crippen MR) is 84.2 cm³/mol. The van der Waals surface area contributed by atoms with Gasteiger partial charge in [0.25, 0.3) is 0 Å². The monoisotopic (exact) mass is 283 g/mol. The molecule has 0 bridgehead atoms. The van der Waals surface area contributed by atoms with Crippen LogP contribution in [-0.2, 0) is 4.74 Å². The molecule has 118 valence electrons. The summed E-state index contributed by atoms with van der Waals surface area (Å²) < 4.78 is 5.71. The highest BCUT2D eigenvalue weighted by atomic mass is 16.5. The van der Waals surface area contributed by atoms with E-state index in [0.29, 0.717) is 12.0 Å². The number of hydrogen-bond donors (Lipinski definition) is 1. The number of rotatable bonds is 7. The standard InChI is InChI=1S/C16H33N3O/c1-4-17-16-8-10-20-13-14(16)11-18-9-7-15(12-18)19(5-2)6-3/h14-17H,4-13H2,1-3H3. The quantitative estimate of drug-likeness (QED) is 0.765. The van der Waals surface area contributed by atoms with Gasteiger partial charge in [0.2, 0.25) is 0 Å². The van der Waals surface area contributed by atoms with E-state index in [1.807, 2.05) is 0 Å². The van der Waals surface area contributed by atoms with Crippen LogP contribution in [-0.4, -0.2) is 74.4 Å². The van der Waals surface area contributed by atoms with Gasteiger partial charge in [0.05, 0.1) is 6.61 Å². The van der Waals surface area contributed by atoms with E-state index in [1.54, 1.807) is 0 Å². The van der Waals surface area contributed by atoms with Crippen LogP contribution in [0.25, 0.3) is 0 Å². The molecular formula is C16H33N3O. The fourth-order valence-electron chi connectivity index (χ4n) is 3.86. The molecule has 3 atom stereocenters. The molecule has 4 heteroatoms. The van der Waals surface area contributed by atoms with Crippen molar-refractivity contribution in [3.05, 3.63) is 0 Å². The first-order valence-corrected chi connectivity index (χ1v) is 8.55. The van der Waals surface area contributed by atoms with E-state index < -0.39 is 0 Å². The van der Waals surface area contributed by atoms with Crippen LogP contribution in [0.5, 0.6) is 0 Å². The molecule has 0 radical (unpaired) electrons. The minimum absolute atomic E-state index is 0.654. The average molecular weight is 283 g/mol. The van der Waals surface area contributed by atoms with Crippen molar-refractivity contribution in [2.45, 2.75) is 45.7 Å². The lowest BCUT2D eigenvalue weighted by Gasteiger charge is -2.35. The van der Waals surface area contributed by atoms with Gasteiger partial charge >= 0.3 is 0 Å². The Labute approximate surface area is 124 Å². The van der Waals surface area contributed by atoms with Gasteiger partial charge in [0.1, 0.15) is 0 Å². The summed E-state index contributed by atoms with van der Waals surface area (Å²) in [6.07, 6.45) is 2.51. The Morgan fingerprint density at radius 1 is 1.20 bits per heavy atom. The summed E-state index contributed by atoms with van der Waals surface area (Å²) in [5.74, 6) is 0.666. The van der Waals surface area contributed by atoms with Gasteiger partial charge in [-0.1, -0.05) is 20.8 Å². The zero-order valence-electron chi connectivity index (χ0n) is 13.6. The topological polar surface area (TPSA) is 27.7 Å².